The summed E-state index contributed by atoms with van der Waals surface area (Å²) in [6.45, 7) is 11.1. The second-order valence-electron chi connectivity index (χ2n) is 3.35. The molecule has 3 atom stereocenters. The Morgan fingerprint density at radius 2 is 2.00 bits per heavy atom. The number of rotatable bonds is 6. The maximum atomic E-state index is 5.51. The van der Waals surface area contributed by atoms with Gasteiger partial charge in [-0.15, -0.1) is 0 Å². The molecule has 13 heavy (non-hydrogen) atoms. The van der Waals surface area contributed by atoms with Crippen molar-refractivity contribution in [3.05, 3.63) is 12.2 Å². The molecule has 0 aromatic heterocycles. The molecule has 0 rings (SSSR count). The molecule has 0 aliphatic heterocycles. The minimum Gasteiger partial charge on any atom is -0.359 e. The molecular weight excluding hydrogens is 277 g/mol. The van der Waals surface area contributed by atoms with Crippen LogP contribution in [0, 0.1) is 5.92 Å². The van der Waals surface area contributed by atoms with Crippen molar-refractivity contribution in [2.24, 2.45) is 5.92 Å². The molecule has 0 aliphatic rings. The van der Waals surface area contributed by atoms with Gasteiger partial charge in [-0.25, -0.2) is 0 Å². The molecular formula is C10H20INO. The number of ether oxygens (including phenoxy) is 1. The molecule has 0 heterocycles. The number of hydrogen-bond acceptors (Lipinski definition) is 2. The van der Waals surface area contributed by atoms with Crippen LogP contribution in [-0.4, -0.2) is 23.8 Å². The molecule has 3 unspecified atom stereocenters. The summed E-state index contributed by atoms with van der Waals surface area (Å²) >= 11 is 2.42. The number of hydrogen-bond donors (Lipinski definition) is 1. The van der Waals surface area contributed by atoms with E-state index in [1.54, 1.807) is 0 Å². The summed E-state index contributed by atoms with van der Waals surface area (Å²) in [7, 11) is 1.87. The lowest BCUT2D eigenvalue weighted by molar-refractivity contribution is 0.0738. The molecule has 0 aromatic carbocycles. The van der Waals surface area contributed by atoms with Crippen molar-refractivity contribution in [2.75, 3.05) is 13.8 Å². The van der Waals surface area contributed by atoms with Crippen LogP contribution in [0.3, 0.4) is 0 Å². The quantitative estimate of drug-likeness (QED) is 0.352. The highest BCUT2D eigenvalue weighted by Crippen LogP contribution is 2.23. The van der Waals surface area contributed by atoms with Crippen LogP contribution in [0.4, 0.5) is 0 Å². The second-order valence-corrected chi connectivity index (χ2v) is 5.31. The van der Waals surface area contributed by atoms with Crippen molar-refractivity contribution in [3.8, 4) is 0 Å². The van der Waals surface area contributed by atoms with Gasteiger partial charge in [0.15, 0.2) is 0 Å². The third-order valence-electron chi connectivity index (χ3n) is 2.27. The predicted octanol–water partition coefficient (Wildman–Crippen LogP) is 2.58. The highest BCUT2D eigenvalue weighted by Gasteiger charge is 2.17. The Kier molecular flexibility index (Phi) is 6.99. The largest absolute Gasteiger partial charge is 0.359 e. The Hall–Kier alpha value is 0.390. The van der Waals surface area contributed by atoms with Gasteiger partial charge in [0.05, 0.1) is 12.8 Å². The van der Waals surface area contributed by atoms with E-state index in [0.717, 1.165) is 0 Å². The molecule has 0 amide bonds. The van der Waals surface area contributed by atoms with Gasteiger partial charge in [0.2, 0.25) is 0 Å². The monoisotopic (exact) mass is 297 g/mol. The van der Waals surface area contributed by atoms with Gasteiger partial charge in [-0.2, -0.15) is 0 Å². The summed E-state index contributed by atoms with van der Waals surface area (Å²) in [6, 6.07) is 0. The van der Waals surface area contributed by atoms with E-state index < -0.39 is 0 Å². The van der Waals surface area contributed by atoms with Gasteiger partial charge in [0.25, 0.3) is 0 Å². The van der Waals surface area contributed by atoms with Gasteiger partial charge in [-0.3, -0.25) is 5.32 Å². The Bertz CT molecular complexity index is 159. The fourth-order valence-electron chi connectivity index (χ4n) is 0.981. The zero-order valence-electron chi connectivity index (χ0n) is 8.93. The first-order valence-corrected chi connectivity index (χ1v) is 5.84. The van der Waals surface area contributed by atoms with Crippen molar-refractivity contribution < 1.29 is 4.74 Å². The maximum Gasteiger partial charge on any atom is 0.0970 e. The van der Waals surface area contributed by atoms with E-state index in [9.17, 15) is 0 Å². The van der Waals surface area contributed by atoms with Gasteiger partial charge in [-0.1, -0.05) is 43.0 Å². The van der Waals surface area contributed by atoms with E-state index in [1.807, 2.05) is 7.05 Å². The lowest BCUT2D eigenvalue weighted by Gasteiger charge is -2.23. The van der Waals surface area contributed by atoms with Crippen molar-refractivity contribution in [3.63, 3.8) is 0 Å². The van der Waals surface area contributed by atoms with Crippen LogP contribution in [0.1, 0.15) is 20.8 Å². The van der Waals surface area contributed by atoms with E-state index in [4.69, 9.17) is 4.74 Å². The first-order chi connectivity index (χ1) is 6.00. The van der Waals surface area contributed by atoms with Gasteiger partial charge in [0, 0.05) is 3.92 Å². The van der Waals surface area contributed by atoms with Gasteiger partial charge >= 0.3 is 0 Å². The Morgan fingerprint density at radius 3 is 2.38 bits per heavy atom. The second kappa shape index (κ2) is 6.79. The van der Waals surface area contributed by atoms with Crippen molar-refractivity contribution >= 4 is 22.6 Å². The number of alkyl halides is 1. The third kappa shape index (κ3) is 4.98. The standard InChI is InChI=1S/C10H20INO/c1-7(9(3)11)8(2)10(4)13-6-12-5/h7,9-10,12H,2,6H2,1,3-5H3. The van der Waals surface area contributed by atoms with Gasteiger partial charge in [-0.05, 0) is 25.5 Å². The first-order valence-electron chi connectivity index (χ1n) is 4.59. The van der Waals surface area contributed by atoms with Crippen LogP contribution < -0.4 is 5.32 Å². The van der Waals surface area contributed by atoms with Crippen LogP contribution in [0.2, 0.25) is 0 Å². The highest BCUT2D eigenvalue weighted by molar-refractivity contribution is 14.1. The summed E-state index contributed by atoms with van der Waals surface area (Å²) in [5, 5.41) is 2.96. The van der Waals surface area contributed by atoms with Crippen molar-refractivity contribution in [2.45, 2.75) is 30.8 Å². The molecule has 1 N–H and O–H groups in total. The van der Waals surface area contributed by atoms with E-state index in [-0.39, 0.29) is 6.10 Å². The van der Waals surface area contributed by atoms with Crippen LogP contribution in [0.15, 0.2) is 12.2 Å². The van der Waals surface area contributed by atoms with Crippen LogP contribution in [-0.2, 0) is 4.74 Å². The van der Waals surface area contributed by atoms with E-state index in [2.05, 4.69) is 55.3 Å². The lowest BCUT2D eigenvalue weighted by atomic mass is 9.96. The molecule has 78 valence electrons. The van der Waals surface area contributed by atoms with E-state index in [1.165, 1.54) is 5.57 Å². The van der Waals surface area contributed by atoms with E-state index >= 15 is 0 Å². The first kappa shape index (κ1) is 13.4. The SMILES string of the molecule is C=C(C(C)OCNC)C(C)C(C)I. The third-order valence-corrected chi connectivity index (χ3v) is 3.35. The summed E-state index contributed by atoms with van der Waals surface area (Å²) in [4.78, 5) is 0. The average molecular weight is 297 g/mol. The Labute approximate surface area is 95.3 Å². The molecule has 0 spiro atoms. The maximum absolute atomic E-state index is 5.51. The average Bonchev–Trinajstić information content (AvgIpc) is 2.11. The molecule has 0 aliphatic carbocycles. The summed E-state index contributed by atoms with van der Waals surface area (Å²) in [5.41, 5.74) is 1.18. The van der Waals surface area contributed by atoms with Gasteiger partial charge in [0.1, 0.15) is 0 Å². The van der Waals surface area contributed by atoms with Crippen LogP contribution in [0.25, 0.3) is 0 Å². The molecule has 0 bridgehead atoms. The molecule has 0 saturated heterocycles. The number of halogens is 1. The van der Waals surface area contributed by atoms with Gasteiger partial charge < -0.3 is 4.74 Å². The summed E-state index contributed by atoms with van der Waals surface area (Å²) in [5.74, 6) is 0.507. The smallest absolute Gasteiger partial charge is 0.0970 e. The summed E-state index contributed by atoms with van der Waals surface area (Å²) < 4.78 is 6.11. The fourth-order valence-corrected chi connectivity index (χ4v) is 1.44. The summed E-state index contributed by atoms with van der Waals surface area (Å²) in [6.07, 6.45) is 0.139. The molecule has 0 saturated carbocycles. The van der Waals surface area contributed by atoms with E-state index in [0.29, 0.717) is 16.6 Å². The van der Waals surface area contributed by atoms with Crippen molar-refractivity contribution in [1.29, 1.82) is 0 Å². The molecule has 0 fully saturated rings. The normalized spacial score (nSPS) is 17.9. The lowest BCUT2D eigenvalue weighted by Crippen LogP contribution is -2.24. The molecule has 3 heteroatoms. The zero-order chi connectivity index (χ0) is 10.4. The minimum atomic E-state index is 0.139. The minimum absolute atomic E-state index is 0.139. The highest BCUT2D eigenvalue weighted by atomic mass is 127. The fraction of sp³-hybridized carbons (Fsp3) is 0.800. The Morgan fingerprint density at radius 1 is 1.46 bits per heavy atom. The number of nitrogens with one attached hydrogen (secondary N) is 1. The topological polar surface area (TPSA) is 21.3 Å². The van der Waals surface area contributed by atoms with Crippen molar-refractivity contribution in [1.82, 2.24) is 5.32 Å². The molecule has 0 aromatic rings. The molecule has 0 radical (unpaired) electrons. The van der Waals surface area contributed by atoms with Crippen LogP contribution >= 0.6 is 22.6 Å². The molecule has 2 nitrogen and oxygen atoms in total. The Balaban J connectivity index is 3.94. The zero-order valence-corrected chi connectivity index (χ0v) is 11.1. The van der Waals surface area contributed by atoms with Crippen LogP contribution in [0.5, 0.6) is 0 Å². The predicted molar refractivity (Wildman–Crippen MR) is 66.3 cm³/mol.